The highest BCUT2D eigenvalue weighted by Gasteiger charge is 2.19. The fraction of sp³-hybridized carbons (Fsp3) is 0.231. The third-order valence-corrected chi connectivity index (χ3v) is 5.41. The van der Waals surface area contributed by atoms with Crippen molar-refractivity contribution in [2.75, 3.05) is 13.2 Å². The Kier molecular flexibility index (Phi) is 5.81. The fourth-order valence-electron chi connectivity index (χ4n) is 3.98. The highest BCUT2D eigenvalue weighted by molar-refractivity contribution is 5.38. The van der Waals surface area contributed by atoms with E-state index in [1.54, 1.807) is 0 Å². The Hall–Kier alpha value is -2.64. The molecular weight excluding hydrogens is 328 g/mol. The summed E-state index contributed by atoms with van der Waals surface area (Å²) >= 11 is 0. The summed E-state index contributed by atoms with van der Waals surface area (Å²) < 4.78 is 5.99. The number of rotatable bonds is 8. The van der Waals surface area contributed by atoms with Crippen LogP contribution in [-0.4, -0.2) is 13.2 Å². The summed E-state index contributed by atoms with van der Waals surface area (Å²) in [6, 6.07) is 0. The van der Waals surface area contributed by atoms with Gasteiger partial charge in [0.05, 0.1) is 13.2 Å². The minimum Gasteiger partial charge on any atom is -0.373 e. The van der Waals surface area contributed by atoms with Crippen LogP contribution in [0.2, 0.25) is 0 Å². The van der Waals surface area contributed by atoms with Crippen molar-refractivity contribution in [3.05, 3.63) is 121 Å². The summed E-state index contributed by atoms with van der Waals surface area (Å²) in [4.78, 5) is 0. The highest BCUT2D eigenvalue weighted by Crippen LogP contribution is 2.31. The van der Waals surface area contributed by atoms with E-state index in [1.165, 1.54) is 11.1 Å². The smallest absolute Gasteiger partial charge is 0.0655 e. The summed E-state index contributed by atoms with van der Waals surface area (Å²) in [5.74, 6) is 1.55. The molecule has 0 radical (unpaired) electrons. The van der Waals surface area contributed by atoms with Crippen LogP contribution < -0.4 is 0 Å². The van der Waals surface area contributed by atoms with Crippen LogP contribution in [0.1, 0.15) is 0 Å². The molecule has 0 aliphatic heterocycles. The molecule has 4 aliphatic carbocycles. The molecule has 0 saturated heterocycles. The summed E-state index contributed by atoms with van der Waals surface area (Å²) in [5.41, 5.74) is 2.80. The average molecular weight is 354 g/mol. The van der Waals surface area contributed by atoms with Gasteiger partial charge in [-0.05, 0) is 0 Å². The first-order valence-electron chi connectivity index (χ1n) is 9.79. The lowest BCUT2D eigenvalue weighted by molar-refractivity contribution is 0.192. The third-order valence-electron chi connectivity index (χ3n) is 5.41. The van der Waals surface area contributed by atoms with Crippen molar-refractivity contribution < 1.29 is 4.74 Å². The van der Waals surface area contributed by atoms with Crippen LogP contribution >= 0.6 is 0 Å². The first kappa shape index (κ1) is 17.8. The van der Waals surface area contributed by atoms with Gasteiger partial charge in [-0.2, -0.15) is 0 Å². The molecule has 0 aromatic carbocycles. The molecule has 136 valence electrons. The summed E-state index contributed by atoms with van der Waals surface area (Å²) in [7, 11) is 0. The quantitative estimate of drug-likeness (QED) is 0.394. The van der Waals surface area contributed by atoms with Crippen LogP contribution in [0.25, 0.3) is 0 Å². The second kappa shape index (κ2) is 8.83. The maximum Gasteiger partial charge on any atom is 0.0655 e. The van der Waals surface area contributed by atoms with Crippen LogP contribution in [0.5, 0.6) is 0 Å². The molecule has 27 heavy (non-hydrogen) atoms. The Morgan fingerprint density at radius 1 is 0.481 bits per heavy atom. The Morgan fingerprint density at radius 2 is 0.741 bits per heavy atom. The monoisotopic (exact) mass is 354 g/mol. The first-order chi connectivity index (χ1) is 13.4. The molecule has 1 heteroatoms. The SMILES string of the molecule is C1=CC(C(=CCOCC=C(C2C=CC=C2)C2C=CC=C2)C2C=CC=C2)C=C1. The molecule has 0 saturated carbocycles. The lowest BCUT2D eigenvalue weighted by atomic mass is 9.89. The molecule has 0 heterocycles. The van der Waals surface area contributed by atoms with Crippen LogP contribution in [0.15, 0.2) is 121 Å². The number of allylic oxidation sites excluding steroid dienone is 18. The molecule has 0 bridgehead atoms. The molecule has 0 unspecified atom stereocenters. The molecule has 0 fully saturated rings. The van der Waals surface area contributed by atoms with Gasteiger partial charge in [0.15, 0.2) is 0 Å². The van der Waals surface area contributed by atoms with E-state index in [0.29, 0.717) is 36.9 Å². The lowest BCUT2D eigenvalue weighted by Gasteiger charge is -2.17. The largest absolute Gasteiger partial charge is 0.373 e. The fourth-order valence-corrected chi connectivity index (χ4v) is 3.98. The number of hydrogen-bond acceptors (Lipinski definition) is 1. The zero-order valence-electron chi connectivity index (χ0n) is 15.5. The predicted octanol–water partition coefficient (Wildman–Crippen LogP) is 5.82. The van der Waals surface area contributed by atoms with Crippen molar-refractivity contribution in [3.63, 3.8) is 0 Å². The number of hydrogen-bond donors (Lipinski definition) is 0. The highest BCUT2D eigenvalue weighted by atomic mass is 16.5. The third kappa shape index (κ3) is 4.37. The van der Waals surface area contributed by atoms with Gasteiger partial charge in [-0.15, -0.1) is 0 Å². The van der Waals surface area contributed by atoms with Crippen molar-refractivity contribution >= 4 is 0 Å². The summed E-state index contributed by atoms with van der Waals surface area (Å²) in [5, 5.41) is 0. The van der Waals surface area contributed by atoms with E-state index in [4.69, 9.17) is 4.74 Å². The van der Waals surface area contributed by atoms with Gasteiger partial charge in [0.25, 0.3) is 0 Å². The lowest BCUT2D eigenvalue weighted by Crippen LogP contribution is -2.08. The number of ether oxygens (including phenoxy) is 1. The molecule has 4 rings (SSSR count). The molecule has 4 aliphatic rings. The Morgan fingerprint density at radius 3 is 1.00 bits per heavy atom. The molecule has 0 spiro atoms. The molecular formula is C26H26O. The van der Waals surface area contributed by atoms with E-state index < -0.39 is 0 Å². The van der Waals surface area contributed by atoms with Crippen molar-refractivity contribution in [2.24, 2.45) is 23.7 Å². The first-order valence-corrected chi connectivity index (χ1v) is 9.79. The average Bonchev–Trinajstić information content (AvgIpc) is 3.51. The van der Waals surface area contributed by atoms with Crippen LogP contribution in [0.3, 0.4) is 0 Å². The topological polar surface area (TPSA) is 9.23 Å². The molecule has 0 N–H and O–H groups in total. The summed E-state index contributed by atoms with van der Waals surface area (Å²) in [6.45, 7) is 1.28. The maximum absolute atomic E-state index is 5.99. The van der Waals surface area contributed by atoms with Gasteiger partial charge in [0.1, 0.15) is 0 Å². The van der Waals surface area contributed by atoms with E-state index >= 15 is 0 Å². The van der Waals surface area contributed by atoms with E-state index in [-0.39, 0.29) is 0 Å². The normalized spacial score (nSPS) is 20.7. The van der Waals surface area contributed by atoms with Gasteiger partial charge < -0.3 is 4.74 Å². The molecule has 0 aromatic heterocycles. The van der Waals surface area contributed by atoms with Gasteiger partial charge in [0, 0.05) is 23.7 Å². The van der Waals surface area contributed by atoms with Crippen LogP contribution in [-0.2, 0) is 4.74 Å². The van der Waals surface area contributed by atoms with E-state index in [9.17, 15) is 0 Å². The van der Waals surface area contributed by atoms with Gasteiger partial charge in [-0.25, -0.2) is 0 Å². The summed E-state index contributed by atoms with van der Waals surface area (Å²) in [6.07, 6.45) is 39.5. The van der Waals surface area contributed by atoms with Crippen LogP contribution in [0.4, 0.5) is 0 Å². The minimum atomic E-state index is 0.389. The standard InChI is InChI=1S/C26H26O/c1-2-10-21(9-1)25(22-11-3-4-12-22)17-19-27-20-18-26(23-13-5-6-14-23)24-15-7-8-16-24/h1-18,21-24H,19-20H2. The Bertz CT molecular complexity index is 657. The predicted molar refractivity (Wildman–Crippen MR) is 114 cm³/mol. The van der Waals surface area contributed by atoms with Crippen molar-refractivity contribution in [1.29, 1.82) is 0 Å². The zero-order valence-corrected chi connectivity index (χ0v) is 15.5. The van der Waals surface area contributed by atoms with Gasteiger partial charge >= 0.3 is 0 Å². The molecule has 0 aromatic rings. The second-order valence-electron chi connectivity index (χ2n) is 7.13. The minimum absolute atomic E-state index is 0.389. The van der Waals surface area contributed by atoms with Crippen LogP contribution in [0, 0.1) is 23.7 Å². The zero-order chi connectivity index (χ0) is 18.3. The van der Waals surface area contributed by atoms with E-state index in [0.717, 1.165) is 0 Å². The molecule has 0 amide bonds. The van der Waals surface area contributed by atoms with E-state index in [1.807, 2.05) is 0 Å². The van der Waals surface area contributed by atoms with Crippen molar-refractivity contribution in [3.8, 4) is 0 Å². The Balaban J connectivity index is 1.38. The van der Waals surface area contributed by atoms with Gasteiger partial charge in [-0.3, -0.25) is 0 Å². The maximum atomic E-state index is 5.99. The Labute approximate surface area is 162 Å². The van der Waals surface area contributed by atoms with Crippen molar-refractivity contribution in [2.45, 2.75) is 0 Å². The molecule has 1 nitrogen and oxygen atoms in total. The van der Waals surface area contributed by atoms with Gasteiger partial charge in [-0.1, -0.05) is 121 Å². The van der Waals surface area contributed by atoms with Crippen molar-refractivity contribution in [1.82, 2.24) is 0 Å². The second-order valence-corrected chi connectivity index (χ2v) is 7.13. The van der Waals surface area contributed by atoms with Gasteiger partial charge in [0.2, 0.25) is 0 Å². The van der Waals surface area contributed by atoms with E-state index in [2.05, 4.69) is 109 Å². The molecule has 0 atom stereocenters.